The molecule has 0 aromatic heterocycles. The van der Waals surface area contributed by atoms with Crippen molar-refractivity contribution in [2.24, 2.45) is 0 Å². The van der Waals surface area contributed by atoms with Crippen LogP contribution in [0.25, 0.3) is 0 Å². The van der Waals surface area contributed by atoms with E-state index in [0.717, 1.165) is 11.6 Å². The molecule has 0 saturated heterocycles. The number of hydrogen-bond acceptors (Lipinski definition) is 1. The Hall–Kier alpha value is -0.530. The molecule has 0 radical (unpaired) electrons. The summed E-state index contributed by atoms with van der Waals surface area (Å²) in [4.78, 5) is 0. The van der Waals surface area contributed by atoms with E-state index in [1.807, 2.05) is 12.1 Å². The number of benzene rings is 1. The minimum atomic E-state index is 0.415. The van der Waals surface area contributed by atoms with Gasteiger partial charge in [-0.1, -0.05) is 56.3 Å². The molecule has 0 amide bonds. The van der Waals surface area contributed by atoms with Crippen LogP contribution in [0, 0.1) is 0 Å². The monoisotopic (exact) mass is 253 g/mol. The lowest BCUT2D eigenvalue weighted by Crippen LogP contribution is -2.19. The third-order valence-electron chi connectivity index (χ3n) is 3.10. The smallest absolute Gasteiger partial charge is 0.0406 e. The fourth-order valence-corrected chi connectivity index (χ4v) is 2.04. The Morgan fingerprint density at radius 1 is 1.06 bits per heavy atom. The number of unbranched alkanes of at least 4 members (excludes halogenated alkanes) is 4. The Morgan fingerprint density at radius 2 is 1.71 bits per heavy atom. The summed E-state index contributed by atoms with van der Waals surface area (Å²) in [6, 6.07) is 8.51. The van der Waals surface area contributed by atoms with Crippen molar-refractivity contribution in [2.45, 2.75) is 52.0 Å². The Kier molecular flexibility index (Phi) is 7.30. The van der Waals surface area contributed by atoms with Gasteiger partial charge in [-0.25, -0.2) is 0 Å². The third-order valence-corrected chi connectivity index (χ3v) is 3.35. The lowest BCUT2D eigenvalue weighted by atomic mass is 10.1. The molecule has 0 heterocycles. The maximum Gasteiger partial charge on any atom is 0.0406 e. The van der Waals surface area contributed by atoms with E-state index in [1.165, 1.54) is 37.7 Å². The normalized spacial score (nSPS) is 12.6. The van der Waals surface area contributed by atoms with Gasteiger partial charge in [0.05, 0.1) is 0 Å². The van der Waals surface area contributed by atoms with Gasteiger partial charge >= 0.3 is 0 Å². The molecule has 0 aliphatic heterocycles. The second-order valence-electron chi connectivity index (χ2n) is 4.64. The molecular weight excluding hydrogens is 230 g/mol. The summed E-state index contributed by atoms with van der Waals surface area (Å²) in [7, 11) is 0. The van der Waals surface area contributed by atoms with E-state index < -0.39 is 0 Å². The minimum absolute atomic E-state index is 0.415. The van der Waals surface area contributed by atoms with Gasteiger partial charge in [0, 0.05) is 11.1 Å². The average Bonchev–Trinajstić information content (AvgIpc) is 2.34. The minimum Gasteiger partial charge on any atom is -0.310 e. The zero-order chi connectivity index (χ0) is 12.5. The molecule has 1 aromatic rings. The Labute approximate surface area is 111 Å². The molecule has 1 atom stereocenters. The number of halogens is 1. The van der Waals surface area contributed by atoms with Crippen LogP contribution in [-0.2, 0) is 0 Å². The summed E-state index contributed by atoms with van der Waals surface area (Å²) >= 11 is 5.87. The lowest BCUT2D eigenvalue weighted by molar-refractivity contribution is 0.531. The predicted octanol–water partition coefficient (Wildman–Crippen LogP) is 4.96. The van der Waals surface area contributed by atoms with Crippen LogP contribution in [0.2, 0.25) is 5.02 Å². The first-order valence-corrected chi connectivity index (χ1v) is 7.10. The summed E-state index contributed by atoms with van der Waals surface area (Å²) < 4.78 is 0. The first-order chi connectivity index (χ1) is 8.24. The molecule has 1 aromatic carbocycles. The zero-order valence-electron chi connectivity index (χ0n) is 11.0. The molecule has 17 heavy (non-hydrogen) atoms. The van der Waals surface area contributed by atoms with Crippen LogP contribution in [0.3, 0.4) is 0 Å². The highest BCUT2D eigenvalue weighted by Gasteiger charge is 2.03. The van der Waals surface area contributed by atoms with Crippen molar-refractivity contribution < 1.29 is 0 Å². The van der Waals surface area contributed by atoms with Crippen LogP contribution in [0.1, 0.15) is 57.6 Å². The summed E-state index contributed by atoms with van der Waals surface area (Å²) in [5, 5.41) is 4.36. The molecule has 0 aliphatic carbocycles. The standard InChI is InChI=1S/C15H24ClN/c1-3-4-5-6-7-12-17-13(2)14-8-10-15(16)11-9-14/h8-11,13,17H,3-7,12H2,1-2H3/t13-/m1/s1. The SMILES string of the molecule is CCCCCCCN[C@H](C)c1ccc(Cl)cc1. The van der Waals surface area contributed by atoms with Crippen molar-refractivity contribution >= 4 is 11.6 Å². The largest absolute Gasteiger partial charge is 0.310 e. The maximum atomic E-state index is 5.87. The van der Waals surface area contributed by atoms with E-state index in [9.17, 15) is 0 Å². The lowest BCUT2D eigenvalue weighted by Gasteiger charge is -2.14. The van der Waals surface area contributed by atoms with Gasteiger partial charge in [-0.15, -0.1) is 0 Å². The fourth-order valence-electron chi connectivity index (χ4n) is 1.92. The van der Waals surface area contributed by atoms with Gasteiger partial charge in [-0.2, -0.15) is 0 Å². The molecule has 1 rings (SSSR count). The summed E-state index contributed by atoms with van der Waals surface area (Å²) in [5.74, 6) is 0. The van der Waals surface area contributed by atoms with Crippen LogP contribution < -0.4 is 5.32 Å². The van der Waals surface area contributed by atoms with Crippen molar-refractivity contribution in [1.82, 2.24) is 5.32 Å². The molecule has 0 unspecified atom stereocenters. The zero-order valence-corrected chi connectivity index (χ0v) is 11.8. The van der Waals surface area contributed by atoms with Crippen molar-refractivity contribution in [1.29, 1.82) is 0 Å². The molecule has 2 heteroatoms. The van der Waals surface area contributed by atoms with E-state index >= 15 is 0 Å². The number of nitrogens with one attached hydrogen (secondary N) is 1. The van der Waals surface area contributed by atoms with Crippen LogP contribution in [0.15, 0.2) is 24.3 Å². The van der Waals surface area contributed by atoms with Gasteiger partial charge < -0.3 is 5.32 Å². The highest BCUT2D eigenvalue weighted by Crippen LogP contribution is 2.16. The van der Waals surface area contributed by atoms with Gasteiger partial charge in [0.2, 0.25) is 0 Å². The first kappa shape index (κ1) is 14.5. The van der Waals surface area contributed by atoms with E-state index in [0.29, 0.717) is 6.04 Å². The first-order valence-electron chi connectivity index (χ1n) is 6.73. The van der Waals surface area contributed by atoms with Gasteiger partial charge in [0.15, 0.2) is 0 Å². The molecule has 1 N–H and O–H groups in total. The van der Waals surface area contributed by atoms with Gasteiger partial charge in [-0.05, 0) is 37.6 Å². The third kappa shape index (κ3) is 6.09. The van der Waals surface area contributed by atoms with Crippen molar-refractivity contribution in [2.75, 3.05) is 6.54 Å². The van der Waals surface area contributed by atoms with Crippen LogP contribution in [0.4, 0.5) is 0 Å². The Morgan fingerprint density at radius 3 is 2.35 bits per heavy atom. The van der Waals surface area contributed by atoms with Crippen molar-refractivity contribution in [3.8, 4) is 0 Å². The van der Waals surface area contributed by atoms with E-state index in [2.05, 4.69) is 31.3 Å². The molecular formula is C15H24ClN. The quantitative estimate of drug-likeness (QED) is 0.646. The second-order valence-corrected chi connectivity index (χ2v) is 5.08. The van der Waals surface area contributed by atoms with Crippen LogP contribution >= 0.6 is 11.6 Å². The highest BCUT2D eigenvalue weighted by molar-refractivity contribution is 6.30. The molecule has 0 bridgehead atoms. The fraction of sp³-hybridized carbons (Fsp3) is 0.600. The summed E-state index contributed by atoms with van der Waals surface area (Å²) in [5.41, 5.74) is 1.31. The van der Waals surface area contributed by atoms with Crippen molar-refractivity contribution in [3.63, 3.8) is 0 Å². The summed E-state index contributed by atoms with van der Waals surface area (Å²) in [6.07, 6.45) is 6.67. The van der Waals surface area contributed by atoms with Gasteiger partial charge in [0.25, 0.3) is 0 Å². The molecule has 0 saturated carbocycles. The number of hydrogen-bond donors (Lipinski definition) is 1. The molecule has 0 spiro atoms. The van der Waals surface area contributed by atoms with Crippen molar-refractivity contribution in [3.05, 3.63) is 34.9 Å². The van der Waals surface area contributed by atoms with Gasteiger partial charge in [-0.3, -0.25) is 0 Å². The number of rotatable bonds is 8. The average molecular weight is 254 g/mol. The van der Waals surface area contributed by atoms with Crippen LogP contribution in [-0.4, -0.2) is 6.54 Å². The van der Waals surface area contributed by atoms with Gasteiger partial charge in [0.1, 0.15) is 0 Å². The highest BCUT2D eigenvalue weighted by atomic mass is 35.5. The van der Waals surface area contributed by atoms with Crippen LogP contribution in [0.5, 0.6) is 0 Å². The predicted molar refractivity (Wildman–Crippen MR) is 76.6 cm³/mol. The summed E-state index contributed by atoms with van der Waals surface area (Å²) in [6.45, 7) is 5.56. The Balaban J connectivity index is 2.16. The van der Waals surface area contributed by atoms with E-state index in [4.69, 9.17) is 11.6 Å². The maximum absolute atomic E-state index is 5.87. The Bertz CT molecular complexity index is 294. The topological polar surface area (TPSA) is 12.0 Å². The molecule has 1 nitrogen and oxygen atoms in total. The molecule has 0 aliphatic rings. The van der Waals surface area contributed by atoms with E-state index in [-0.39, 0.29) is 0 Å². The molecule has 96 valence electrons. The molecule has 0 fully saturated rings. The second kappa shape index (κ2) is 8.54. The van der Waals surface area contributed by atoms with E-state index in [1.54, 1.807) is 0 Å².